The number of carbonyl (C=O) groups is 3. The second-order valence-electron chi connectivity index (χ2n) is 8.61. The Morgan fingerprint density at radius 2 is 1.89 bits per heavy atom. The number of carbonyl (C=O) groups excluding carboxylic acids is 3. The van der Waals surface area contributed by atoms with Crippen LogP contribution in [0.5, 0.6) is 0 Å². The van der Waals surface area contributed by atoms with Gasteiger partial charge in [0, 0.05) is 32.1 Å². The lowest BCUT2D eigenvalue weighted by Gasteiger charge is -2.32. The molecular weight excluding hydrogens is 362 g/mol. The van der Waals surface area contributed by atoms with Crippen LogP contribution in [0.3, 0.4) is 0 Å². The van der Waals surface area contributed by atoms with Crippen LogP contribution in [0.2, 0.25) is 0 Å². The lowest BCUT2D eigenvalue weighted by molar-refractivity contribution is -0.160. The van der Waals surface area contributed by atoms with Crippen molar-refractivity contribution in [2.75, 3.05) is 20.2 Å². The predicted octanol–water partition coefficient (Wildman–Crippen LogP) is 2.07. The van der Waals surface area contributed by atoms with Crippen LogP contribution in [-0.4, -0.2) is 66.8 Å². The topological polar surface area (TPSA) is 97.0 Å². The lowest BCUT2D eigenvalue weighted by atomic mass is 9.95. The molecule has 1 rings (SSSR count). The zero-order chi connectivity index (χ0) is 21.5. The van der Waals surface area contributed by atoms with E-state index in [4.69, 9.17) is 9.47 Å². The Balaban J connectivity index is 2.94. The van der Waals surface area contributed by atoms with Gasteiger partial charge in [-0.05, 0) is 46.5 Å². The molecule has 1 heterocycles. The van der Waals surface area contributed by atoms with E-state index in [-0.39, 0.29) is 29.9 Å². The maximum atomic E-state index is 12.8. The van der Waals surface area contributed by atoms with E-state index >= 15 is 0 Å². The molecule has 1 fully saturated rings. The summed E-state index contributed by atoms with van der Waals surface area (Å²) in [4.78, 5) is 37.9. The third-order valence-corrected chi connectivity index (χ3v) is 4.86. The van der Waals surface area contributed by atoms with Gasteiger partial charge >= 0.3 is 12.1 Å². The fourth-order valence-corrected chi connectivity index (χ4v) is 3.66. The summed E-state index contributed by atoms with van der Waals surface area (Å²) in [6.45, 7) is 12.3. The molecule has 0 saturated carbocycles. The zero-order valence-corrected chi connectivity index (χ0v) is 18.3. The number of alkyl carbamates (subject to hydrolysis) is 1. The van der Waals surface area contributed by atoms with E-state index in [1.54, 1.807) is 0 Å². The number of hydrogen-bond donors (Lipinski definition) is 2. The van der Waals surface area contributed by atoms with Crippen molar-refractivity contribution in [3.8, 4) is 0 Å². The number of nitrogens with zero attached hydrogens (tertiary/aromatic N) is 1. The van der Waals surface area contributed by atoms with Crippen LogP contribution >= 0.6 is 0 Å². The third kappa shape index (κ3) is 8.04. The molecule has 28 heavy (non-hydrogen) atoms. The van der Waals surface area contributed by atoms with Gasteiger partial charge in [0.2, 0.25) is 5.91 Å². The van der Waals surface area contributed by atoms with Crippen molar-refractivity contribution in [1.82, 2.24) is 15.5 Å². The Bertz CT molecular complexity index is 546. The van der Waals surface area contributed by atoms with Gasteiger partial charge in [0.05, 0.1) is 7.11 Å². The molecule has 8 nitrogen and oxygen atoms in total. The summed E-state index contributed by atoms with van der Waals surface area (Å²) >= 11 is 0. The quantitative estimate of drug-likeness (QED) is 0.607. The molecule has 4 atom stereocenters. The molecule has 0 bridgehead atoms. The maximum Gasteiger partial charge on any atom is 0.407 e. The molecule has 1 saturated heterocycles. The van der Waals surface area contributed by atoms with Crippen molar-refractivity contribution >= 4 is 18.0 Å². The summed E-state index contributed by atoms with van der Waals surface area (Å²) in [6, 6.07) is -0.641. The van der Waals surface area contributed by atoms with Gasteiger partial charge in [-0.25, -0.2) is 4.79 Å². The molecule has 8 heteroatoms. The zero-order valence-electron chi connectivity index (χ0n) is 18.3. The van der Waals surface area contributed by atoms with Crippen LogP contribution < -0.4 is 10.6 Å². The molecule has 1 aliphatic heterocycles. The first kappa shape index (κ1) is 24.2. The van der Waals surface area contributed by atoms with E-state index < -0.39 is 17.7 Å². The molecule has 0 aliphatic carbocycles. The Kier molecular flexibility index (Phi) is 9.20. The molecule has 2 N–H and O–H groups in total. The molecule has 2 amide bonds. The highest BCUT2D eigenvalue weighted by atomic mass is 16.6. The normalized spacial score (nSPS) is 22.2. The van der Waals surface area contributed by atoms with Crippen molar-refractivity contribution in [2.24, 2.45) is 5.92 Å². The summed E-state index contributed by atoms with van der Waals surface area (Å²) in [5.74, 6) is -0.163. The van der Waals surface area contributed by atoms with E-state index in [2.05, 4.69) is 22.5 Å². The third-order valence-electron chi connectivity index (χ3n) is 4.86. The Hall–Kier alpha value is -1.83. The number of ether oxygens (including phenoxy) is 2. The van der Waals surface area contributed by atoms with E-state index in [0.717, 1.165) is 12.8 Å². The van der Waals surface area contributed by atoms with Crippen molar-refractivity contribution in [2.45, 2.75) is 84.5 Å². The molecule has 0 aromatic carbocycles. The van der Waals surface area contributed by atoms with Crippen LogP contribution in [0.4, 0.5) is 4.79 Å². The van der Waals surface area contributed by atoms with Gasteiger partial charge in [-0.2, -0.15) is 0 Å². The van der Waals surface area contributed by atoms with E-state index in [1.807, 2.05) is 27.7 Å². The van der Waals surface area contributed by atoms with Gasteiger partial charge in [0.1, 0.15) is 11.6 Å². The molecule has 0 spiro atoms. The minimum Gasteiger partial charge on any atom is -0.459 e. The van der Waals surface area contributed by atoms with Crippen LogP contribution in [0.1, 0.15) is 60.8 Å². The first-order chi connectivity index (χ1) is 13.0. The standard InChI is InChI=1S/C20H37N3O5/c1-8-9-15(13(2)21-14(3)24)11-23-12-16(22-19(26)27-7)10-17(23)18(25)28-20(4,5)6/h13,15-17H,8-12H2,1-7H3,(H,21,24)(H,22,26)/t13?,15-,16?,17?/m0/s1. The number of hydrogen-bond acceptors (Lipinski definition) is 6. The van der Waals surface area contributed by atoms with Gasteiger partial charge in [-0.1, -0.05) is 13.3 Å². The van der Waals surface area contributed by atoms with Crippen LogP contribution in [-0.2, 0) is 19.1 Å². The largest absolute Gasteiger partial charge is 0.459 e. The molecule has 3 unspecified atom stereocenters. The maximum absolute atomic E-state index is 12.8. The van der Waals surface area contributed by atoms with E-state index in [0.29, 0.717) is 19.5 Å². The second kappa shape index (κ2) is 10.6. The SMILES string of the molecule is CCC[C@@H](CN1CC(NC(=O)OC)CC1C(=O)OC(C)(C)C)C(C)NC(C)=O. The second-order valence-corrected chi connectivity index (χ2v) is 8.61. The highest BCUT2D eigenvalue weighted by Gasteiger charge is 2.41. The predicted molar refractivity (Wildman–Crippen MR) is 107 cm³/mol. The first-order valence-electron chi connectivity index (χ1n) is 10.0. The number of esters is 1. The Morgan fingerprint density at radius 1 is 1.25 bits per heavy atom. The minimum absolute atomic E-state index is 0.00986. The summed E-state index contributed by atoms with van der Waals surface area (Å²) < 4.78 is 10.3. The lowest BCUT2D eigenvalue weighted by Crippen LogP contribution is -2.47. The number of nitrogens with one attached hydrogen (secondary N) is 2. The summed E-state index contributed by atoms with van der Waals surface area (Å²) in [7, 11) is 1.32. The van der Waals surface area contributed by atoms with E-state index in [9.17, 15) is 14.4 Å². The number of methoxy groups -OCH3 is 1. The molecule has 1 aliphatic rings. The summed E-state index contributed by atoms with van der Waals surface area (Å²) in [6.07, 6.45) is 1.86. The van der Waals surface area contributed by atoms with Crippen molar-refractivity contribution in [3.63, 3.8) is 0 Å². The fourth-order valence-electron chi connectivity index (χ4n) is 3.66. The van der Waals surface area contributed by atoms with Gasteiger partial charge in [-0.15, -0.1) is 0 Å². The highest BCUT2D eigenvalue weighted by Crippen LogP contribution is 2.25. The molecule has 0 aromatic rings. The fraction of sp³-hybridized carbons (Fsp3) is 0.850. The Morgan fingerprint density at radius 3 is 2.39 bits per heavy atom. The minimum atomic E-state index is -0.580. The monoisotopic (exact) mass is 399 g/mol. The first-order valence-corrected chi connectivity index (χ1v) is 10.0. The summed E-state index contributed by atoms with van der Waals surface area (Å²) in [5.41, 5.74) is -0.580. The molecule has 0 radical (unpaired) electrons. The Labute approximate surface area is 168 Å². The van der Waals surface area contributed by atoms with Gasteiger partial charge in [0.25, 0.3) is 0 Å². The van der Waals surface area contributed by atoms with Gasteiger partial charge in [0.15, 0.2) is 0 Å². The number of amides is 2. The van der Waals surface area contributed by atoms with Crippen LogP contribution in [0.25, 0.3) is 0 Å². The van der Waals surface area contributed by atoms with Crippen molar-refractivity contribution in [3.05, 3.63) is 0 Å². The van der Waals surface area contributed by atoms with Crippen molar-refractivity contribution in [1.29, 1.82) is 0 Å². The average molecular weight is 400 g/mol. The molecule has 0 aromatic heterocycles. The van der Waals surface area contributed by atoms with Gasteiger partial charge in [-0.3, -0.25) is 14.5 Å². The summed E-state index contributed by atoms with van der Waals surface area (Å²) in [5, 5.41) is 5.76. The van der Waals surface area contributed by atoms with Crippen LogP contribution in [0.15, 0.2) is 0 Å². The molecule has 162 valence electrons. The van der Waals surface area contributed by atoms with Gasteiger partial charge < -0.3 is 20.1 Å². The number of likely N-dealkylation sites (tertiary alicyclic amines) is 1. The van der Waals surface area contributed by atoms with Crippen molar-refractivity contribution < 1.29 is 23.9 Å². The average Bonchev–Trinajstić information content (AvgIpc) is 2.94. The smallest absolute Gasteiger partial charge is 0.407 e. The van der Waals surface area contributed by atoms with Crippen LogP contribution in [0, 0.1) is 5.92 Å². The molecular formula is C20H37N3O5. The van der Waals surface area contributed by atoms with E-state index in [1.165, 1.54) is 14.0 Å². The highest BCUT2D eigenvalue weighted by molar-refractivity contribution is 5.77. The number of rotatable bonds is 8.